The minimum Gasteiger partial charge on any atom is -0.347 e. The van der Waals surface area contributed by atoms with E-state index in [0.29, 0.717) is 12.1 Å². The van der Waals surface area contributed by atoms with Gasteiger partial charge in [0, 0.05) is 28.9 Å². The summed E-state index contributed by atoms with van der Waals surface area (Å²) in [6, 6.07) is 2.82. The van der Waals surface area contributed by atoms with Gasteiger partial charge in [0.1, 0.15) is 0 Å². The number of thiazole rings is 1. The van der Waals surface area contributed by atoms with E-state index in [1.54, 1.807) is 17.8 Å². The van der Waals surface area contributed by atoms with Crippen LogP contribution in [-0.2, 0) is 6.54 Å². The Bertz CT molecular complexity index is 533. The van der Waals surface area contributed by atoms with Crippen LogP contribution in [0.5, 0.6) is 0 Å². The van der Waals surface area contributed by atoms with Crippen molar-refractivity contribution in [3.05, 3.63) is 50.8 Å². The molecule has 2 aromatic heterocycles. The zero-order chi connectivity index (χ0) is 11.4. The molecule has 5 nitrogen and oxygen atoms in total. The van der Waals surface area contributed by atoms with Crippen molar-refractivity contribution in [1.82, 2.24) is 15.3 Å². The first kappa shape index (κ1) is 10.6. The van der Waals surface area contributed by atoms with E-state index < -0.39 is 0 Å². The largest absolute Gasteiger partial charge is 0.347 e. The average Bonchev–Trinajstić information content (AvgIpc) is 2.78. The van der Waals surface area contributed by atoms with Gasteiger partial charge in [0.15, 0.2) is 0 Å². The van der Waals surface area contributed by atoms with Crippen molar-refractivity contribution in [3.63, 3.8) is 0 Å². The predicted octanol–water partition coefficient (Wildman–Crippen LogP) is 0.761. The molecule has 0 radical (unpaired) electrons. The summed E-state index contributed by atoms with van der Waals surface area (Å²) in [5.41, 5.74) is 1.77. The number of carbonyl (C=O) groups is 1. The summed E-state index contributed by atoms with van der Waals surface area (Å²) in [6.45, 7) is 0.427. The lowest BCUT2D eigenvalue weighted by atomic mass is 10.2. The molecule has 2 rings (SSSR count). The molecule has 0 saturated carbocycles. The predicted molar refractivity (Wildman–Crippen MR) is 60.3 cm³/mol. The summed E-state index contributed by atoms with van der Waals surface area (Å²) >= 11 is 1.47. The lowest BCUT2D eigenvalue weighted by Crippen LogP contribution is -2.23. The van der Waals surface area contributed by atoms with Crippen LogP contribution in [-0.4, -0.2) is 15.9 Å². The molecule has 0 unspecified atom stereocenters. The molecule has 0 aromatic carbocycles. The standard InChI is InChI=1S/C10H9N3O2S/c14-9-3-7(1-2-12-9)10(15)13-5-8-4-11-6-16-8/h1-4,6H,5H2,(H,12,14)(H,13,15). The number of hydrogen-bond donors (Lipinski definition) is 2. The van der Waals surface area contributed by atoms with E-state index in [-0.39, 0.29) is 11.5 Å². The molecule has 82 valence electrons. The van der Waals surface area contributed by atoms with Gasteiger partial charge in [0.05, 0.1) is 12.1 Å². The molecule has 2 aromatic rings. The Morgan fingerprint density at radius 1 is 1.56 bits per heavy atom. The second kappa shape index (κ2) is 4.71. The van der Waals surface area contributed by atoms with Crippen molar-refractivity contribution in [2.45, 2.75) is 6.54 Å². The molecule has 0 fully saturated rings. The number of pyridine rings is 1. The van der Waals surface area contributed by atoms with Crippen molar-refractivity contribution in [2.24, 2.45) is 0 Å². The minimum absolute atomic E-state index is 0.264. The third-order valence-corrected chi connectivity index (χ3v) is 2.72. The Morgan fingerprint density at radius 2 is 2.44 bits per heavy atom. The van der Waals surface area contributed by atoms with E-state index in [1.165, 1.54) is 23.6 Å². The van der Waals surface area contributed by atoms with Crippen LogP contribution >= 0.6 is 11.3 Å². The SMILES string of the molecule is O=C(NCc1cncs1)c1cc[nH]c(=O)c1. The fraction of sp³-hybridized carbons (Fsp3) is 0.100. The zero-order valence-electron chi connectivity index (χ0n) is 8.27. The lowest BCUT2D eigenvalue weighted by Gasteiger charge is -2.02. The fourth-order valence-electron chi connectivity index (χ4n) is 1.18. The van der Waals surface area contributed by atoms with Gasteiger partial charge in [0.2, 0.25) is 5.56 Å². The van der Waals surface area contributed by atoms with E-state index in [0.717, 1.165) is 4.88 Å². The molecule has 16 heavy (non-hydrogen) atoms. The molecule has 0 aliphatic carbocycles. The second-order valence-electron chi connectivity index (χ2n) is 3.09. The number of nitrogens with zero attached hydrogens (tertiary/aromatic N) is 1. The van der Waals surface area contributed by atoms with Gasteiger partial charge in [-0.15, -0.1) is 11.3 Å². The Morgan fingerprint density at radius 3 is 3.12 bits per heavy atom. The number of rotatable bonds is 3. The van der Waals surface area contributed by atoms with E-state index >= 15 is 0 Å². The quantitative estimate of drug-likeness (QED) is 0.824. The molecule has 0 saturated heterocycles. The van der Waals surface area contributed by atoms with E-state index in [1.807, 2.05) is 0 Å². The molecular formula is C10H9N3O2S. The highest BCUT2D eigenvalue weighted by Gasteiger charge is 2.05. The molecule has 6 heteroatoms. The minimum atomic E-state index is -0.287. The molecule has 2 heterocycles. The molecule has 1 amide bonds. The van der Waals surface area contributed by atoms with Crippen LogP contribution in [0.3, 0.4) is 0 Å². The molecule has 2 N–H and O–H groups in total. The smallest absolute Gasteiger partial charge is 0.251 e. The van der Waals surface area contributed by atoms with Crippen molar-refractivity contribution < 1.29 is 4.79 Å². The molecular weight excluding hydrogens is 226 g/mol. The summed E-state index contributed by atoms with van der Waals surface area (Å²) in [5, 5.41) is 2.71. The highest BCUT2D eigenvalue weighted by molar-refractivity contribution is 7.09. The number of nitrogens with one attached hydrogen (secondary N) is 2. The number of amides is 1. The van der Waals surface area contributed by atoms with Gasteiger partial charge in [-0.2, -0.15) is 0 Å². The average molecular weight is 235 g/mol. The van der Waals surface area contributed by atoms with Gasteiger partial charge >= 0.3 is 0 Å². The van der Waals surface area contributed by atoms with Gasteiger partial charge in [0.25, 0.3) is 5.91 Å². The molecule has 0 aliphatic heterocycles. The molecule has 0 atom stereocenters. The van der Waals surface area contributed by atoms with Crippen LogP contribution in [0.2, 0.25) is 0 Å². The molecule has 0 bridgehead atoms. The summed E-state index contributed by atoms with van der Waals surface area (Å²) in [4.78, 5) is 29.9. The molecule has 0 aliphatic rings. The van der Waals surface area contributed by atoms with Crippen LogP contribution in [0.15, 0.2) is 34.8 Å². The maximum Gasteiger partial charge on any atom is 0.251 e. The normalized spacial score (nSPS) is 10.0. The van der Waals surface area contributed by atoms with Crippen molar-refractivity contribution in [1.29, 1.82) is 0 Å². The van der Waals surface area contributed by atoms with Gasteiger partial charge in [-0.25, -0.2) is 0 Å². The van der Waals surface area contributed by atoms with Crippen LogP contribution in [0.4, 0.5) is 0 Å². The number of aromatic amines is 1. The summed E-state index contributed by atoms with van der Waals surface area (Å²) < 4.78 is 0. The number of H-pyrrole nitrogens is 1. The Hall–Kier alpha value is -1.95. The van der Waals surface area contributed by atoms with Crippen LogP contribution in [0, 0.1) is 0 Å². The number of aromatic nitrogens is 2. The summed E-state index contributed by atoms with van der Waals surface area (Å²) in [5.74, 6) is -0.264. The van der Waals surface area contributed by atoms with Gasteiger partial charge < -0.3 is 10.3 Å². The van der Waals surface area contributed by atoms with E-state index in [2.05, 4.69) is 15.3 Å². The van der Waals surface area contributed by atoms with E-state index in [4.69, 9.17) is 0 Å². The number of hydrogen-bond acceptors (Lipinski definition) is 4. The van der Waals surface area contributed by atoms with E-state index in [9.17, 15) is 9.59 Å². The first-order chi connectivity index (χ1) is 7.75. The fourth-order valence-corrected chi connectivity index (χ4v) is 1.72. The Balaban J connectivity index is 2.01. The van der Waals surface area contributed by atoms with Crippen molar-refractivity contribution in [2.75, 3.05) is 0 Å². The first-order valence-electron chi connectivity index (χ1n) is 4.60. The maximum atomic E-state index is 11.6. The maximum absolute atomic E-state index is 11.6. The monoisotopic (exact) mass is 235 g/mol. The topological polar surface area (TPSA) is 74.8 Å². The Kier molecular flexibility index (Phi) is 3.11. The zero-order valence-corrected chi connectivity index (χ0v) is 9.08. The van der Waals surface area contributed by atoms with Crippen LogP contribution < -0.4 is 10.9 Å². The third kappa shape index (κ3) is 2.54. The lowest BCUT2D eigenvalue weighted by molar-refractivity contribution is 0.0951. The van der Waals surface area contributed by atoms with Crippen LogP contribution in [0.1, 0.15) is 15.2 Å². The highest BCUT2D eigenvalue weighted by Crippen LogP contribution is 2.04. The van der Waals surface area contributed by atoms with Gasteiger partial charge in [-0.1, -0.05) is 0 Å². The summed E-state index contributed by atoms with van der Waals surface area (Å²) in [6.07, 6.45) is 3.15. The van der Waals surface area contributed by atoms with Crippen LogP contribution in [0.25, 0.3) is 0 Å². The second-order valence-corrected chi connectivity index (χ2v) is 4.06. The van der Waals surface area contributed by atoms with Crippen molar-refractivity contribution >= 4 is 17.2 Å². The Labute approximate surface area is 95.2 Å². The van der Waals surface area contributed by atoms with Gasteiger partial charge in [-0.05, 0) is 6.07 Å². The summed E-state index contributed by atoms with van der Waals surface area (Å²) in [7, 11) is 0. The van der Waals surface area contributed by atoms with Gasteiger partial charge in [-0.3, -0.25) is 14.6 Å². The molecule has 0 spiro atoms. The van der Waals surface area contributed by atoms with Crippen molar-refractivity contribution in [3.8, 4) is 0 Å². The first-order valence-corrected chi connectivity index (χ1v) is 5.48. The number of carbonyl (C=O) groups excluding carboxylic acids is 1. The third-order valence-electron chi connectivity index (χ3n) is 1.94. The highest BCUT2D eigenvalue weighted by atomic mass is 32.1.